The molecule has 3 saturated heterocycles. The molecule has 5 nitrogen and oxygen atoms in total. The molecule has 3 fully saturated rings. The van der Waals surface area contributed by atoms with Gasteiger partial charge in [-0.25, -0.2) is 4.79 Å². The number of ether oxygens (including phenoxy) is 4. The average molecular weight is 228 g/mol. The van der Waals surface area contributed by atoms with Gasteiger partial charge >= 0.3 is 11.9 Å². The van der Waals surface area contributed by atoms with Crippen LogP contribution in [0.4, 0.5) is 0 Å². The summed E-state index contributed by atoms with van der Waals surface area (Å²) in [6, 6.07) is 0. The predicted octanol–water partition coefficient (Wildman–Crippen LogP) is 0.843. The van der Waals surface area contributed by atoms with Crippen molar-refractivity contribution >= 4 is 5.97 Å². The van der Waals surface area contributed by atoms with E-state index < -0.39 is 11.9 Å². The highest BCUT2D eigenvalue weighted by Crippen LogP contribution is 2.40. The van der Waals surface area contributed by atoms with E-state index in [1.165, 1.54) is 0 Å². The summed E-state index contributed by atoms with van der Waals surface area (Å²) in [5.41, 5.74) is -0.0375. The van der Waals surface area contributed by atoms with Crippen LogP contribution in [0.5, 0.6) is 0 Å². The van der Waals surface area contributed by atoms with E-state index in [2.05, 4.69) is 13.5 Å². The molecule has 3 heterocycles. The fraction of sp³-hybridized carbons (Fsp3) is 0.727. The second-order valence-electron chi connectivity index (χ2n) is 4.21. The van der Waals surface area contributed by atoms with E-state index in [1.54, 1.807) is 0 Å². The topological polar surface area (TPSA) is 54.0 Å². The number of hydrogen-bond acceptors (Lipinski definition) is 5. The van der Waals surface area contributed by atoms with Gasteiger partial charge in [0.05, 0.1) is 19.8 Å². The summed E-state index contributed by atoms with van der Waals surface area (Å²) < 4.78 is 21.4. The van der Waals surface area contributed by atoms with Crippen LogP contribution in [0.15, 0.2) is 12.7 Å². The summed E-state index contributed by atoms with van der Waals surface area (Å²) >= 11 is 0. The van der Waals surface area contributed by atoms with Gasteiger partial charge in [0, 0.05) is 11.5 Å². The van der Waals surface area contributed by atoms with Crippen LogP contribution in [0.2, 0.25) is 0 Å². The van der Waals surface area contributed by atoms with Gasteiger partial charge in [-0.1, -0.05) is 13.5 Å². The lowest BCUT2D eigenvalue weighted by atomic mass is 9.86. The van der Waals surface area contributed by atoms with E-state index >= 15 is 0 Å². The Kier molecular flexibility index (Phi) is 3.01. The fourth-order valence-corrected chi connectivity index (χ4v) is 1.69. The Bertz CT molecular complexity index is 274. The molecule has 0 saturated carbocycles. The van der Waals surface area contributed by atoms with E-state index in [1.807, 2.05) is 0 Å². The second-order valence-corrected chi connectivity index (χ2v) is 4.21. The van der Waals surface area contributed by atoms with Gasteiger partial charge in [0.2, 0.25) is 0 Å². The van der Waals surface area contributed by atoms with Gasteiger partial charge in [0.25, 0.3) is 0 Å². The smallest absolute Gasteiger partial charge is 0.330 e. The van der Waals surface area contributed by atoms with Crippen LogP contribution in [-0.4, -0.2) is 38.4 Å². The van der Waals surface area contributed by atoms with Gasteiger partial charge < -0.3 is 18.9 Å². The predicted molar refractivity (Wildman–Crippen MR) is 54.5 cm³/mol. The lowest BCUT2D eigenvalue weighted by Crippen LogP contribution is -2.61. The first kappa shape index (κ1) is 11.6. The Morgan fingerprint density at radius 3 is 2.38 bits per heavy atom. The van der Waals surface area contributed by atoms with Gasteiger partial charge in [-0.15, -0.1) is 0 Å². The van der Waals surface area contributed by atoms with Crippen LogP contribution in [0.1, 0.15) is 13.3 Å². The molecule has 0 radical (unpaired) electrons. The van der Waals surface area contributed by atoms with Crippen molar-refractivity contribution in [3.8, 4) is 0 Å². The Morgan fingerprint density at radius 1 is 1.38 bits per heavy atom. The number of carbonyl (C=O) groups excluding carboxylic acids is 1. The molecule has 0 spiro atoms. The Labute approximate surface area is 94.3 Å². The highest BCUT2D eigenvalue weighted by atomic mass is 16.9. The molecule has 5 heteroatoms. The first-order valence-electron chi connectivity index (χ1n) is 5.35. The van der Waals surface area contributed by atoms with E-state index in [0.717, 1.165) is 12.5 Å². The molecule has 0 aliphatic carbocycles. The minimum atomic E-state index is -1.20. The SMILES string of the molecule is C=CC(=O)OCC12OCC(CC)(CO1)CO2. The average Bonchev–Trinajstić information content (AvgIpc) is 2.38. The first-order chi connectivity index (χ1) is 7.64. The van der Waals surface area contributed by atoms with E-state index in [9.17, 15) is 4.79 Å². The van der Waals surface area contributed by atoms with Crippen molar-refractivity contribution in [2.75, 3.05) is 26.4 Å². The van der Waals surface area contributed by atoms with Crippen LogP contribution >= 0.6 is 0 Å². The summed E-state index contributed by atoms with van der Waals surface area (Å²) in [6.45, 7) is 7.06. The third-order valence-electron chi connectivity index (χ3n) is 3.10. The Balaban J connectivity index is 1.92. The molecular weight excluding hydrogens is 212 g/mol. The molecular formula is C11H16O5. The van der Waals surface area contributed by atoms with Gasteiger partial charge in [-0.3, -0.25) is 0 Å². The Hall–Kier alpha value is -0.910. The molecule has 0 N–H and O–H groups in total. The number of carbonyl (C=O) groups is 1. The number of hydrogen-bond donors (Lipinski definition) is 0. The zero-order valence-corrected chi connectivity index (χ0v) is 9.36. The third-order valence-corrected chi connectivity index (χ3v) is 3.10. The molecule has 2 bridgehead atoms. The highest BCUT2D eigenvalue weighted by Gasteiger charge is 2.52. The standard InChI is InChI=1S/C11H16O5/c1-3-9(12)13-8-11-14-5-10(4-2,6-15-11)7-16-11/h3H,1,4-8H2,2H3. The fourth-order valence-electron chi connectivity index (χ4n) is 1.69. The summed E-state index contributed by atoms with van der Waals surface area (Å²) in [6.07, 6.45) is 2.04. The van der Waals surface area contributed by atoms with Crippen molar-refractivity contribution in [3.05, 3.63) is 12.7 Å². The lowest BCUT2D eigenvalue weighted by Gasteiger charge is -2.50. The number of esters is 1. The second kappa shape index (κ2) is 4.16. The molecule has 0 unspecified atom stereocenters. The van der Waals surface area contributed by atoms with Crippen LogP contribution < -0.4 is 0 Å². The Morgan fingerprint density at radius 2 is 1.94 bits per heavy atom. The zero-order chi connectivity index (χ0) is 11.6. The first-order valence-corrected chi connectivity index (χ1v) is 5.35. The van der Waals surface area contributed by atoms with Crippen molar-refractivity contribution in [2.24, 2.45) is 5.41 Å². The molecule has 3 rings (SSSR count). The normalized spacial score (nSPS) is 37.1. The van der Waals surface area contributed by atoms with Gasteiger partial charge in [0.1, 0.15) is 0 Å². The van der Waals surface area contributed by atoms with E-state index in [-0.39, 0.29) is 12.0 Å². The monoisotopic (exact) mass is 228 g/mol. The third kappa shape index (κ3) is 1.98. The molecule has 16 heavy (non-hydrogen) atoms. The van der Waals surface area contributed by atoms with Gasteiger partial charge in [0.15, 0.2) is 6.61 Å². The zero-order valence-electron chi connectivity index (χ0n) is 9.36. The van der Waals surface area contributed by atoms with Crippen molar-refractivity contribution in [2.45, 2.75) is 19.3 Å². The molecule has 0 amide bonds. The van der Waals surface area contributed by atoms with E-state index in [4.69, 9.17) is 18.9 Å². The van der Waals surface area contributed by atoms with Gasteiger partial charge in [-0.2, -0.15) is 0 Å². The number of fused-ring (bicyclic) bond motifs is 3. The van der Waals surface area contributed by atoms with Crippen LogP contribution in [0.25, 0.3) is 0 Å². The molecule has 0 aromatic heterocycles. The van der Waals surface area contributed by atoms with Crippen LogP contribution in [0.3, 0.4) is 0 Å². The maximum atomic E-state index is 10.9. The number of rotatable bonds is 4. The quantitative estimate of drug-likeness (QED) is 0.527. The largest absolute Gasteiger partial charge is 0.454 e. The summed E-state index contributed by atoms with van der Waals surface area (Å²) in [4.78, 5) is 10.9. The van der Waals surface area contributed by atoms with Crippen molar-refractivity contribution in [3.63, 3.8) is 0 Å². The summed E-state index contributed by atoms with van der Waals surface area (Å²) in [5, 5.41) is 0. The maximum Gasteiger partial charge on any atom is 0.330 e. The molecule has 0 aromatic rings. The minimum absolute atomic E-state index is 0.0375. The molecule has 90 valence electrons. The van der Waals surface area contributed by atoms with Crippen molar-refractivity contribution in [1.29, 1.82) is 0 Å². The maximum absolute atomic E-state index is 10.9. The van der Waals surface area contributed by atoms with Crippen LogP contribution in [0, 0.1) is 5.41 Å². The summed E-state index contributed by atoms with van der Waals surface area (Å²) in [7, 11) is 0. The van der Waals surface area contributed by atoms with Crippen LogP contribution in [-0.2, 0) is 23.7 Å². The highest BCUT2D eigenvalue weighted by molar-refractivity contribution is 5.81. The van der Waals surface area contributed by atoms with Crippen molar-refractivity contribution in [1.82, 2.24) is 0 Å². The van der Waals surface area contributed by atoms with Gasteiger partial charge in [-0.05, 0) is 6.42 Å². The lowest BCUT2D eigenvalue weighted by molar-refractivity contribution is -0.474. The minimum Gasteiger partial charge on any atom is -0.454 e. The molecule has 3 aliphatic heterocycles. The summed E-state index contributed by atoms with van der Waals surface area (Å²) in [5.74, 6) is -1.71. The van der Waals surface area contributed by atoms with E-state index in [0.29, 0.717) is 19.8 Å². The molecule has 3 aliphatic rings. The molecule has 0 atom stereocenters. The molecule has 0 aromatic carbocycles. The van der Waals surface area contributed by atoms with Crippen molar-refractivity contribution < 1.29 is 23.7 Å².